The predicted octanol–water partition coefficient (Wildman–Crippen LogP) is 4.54. The average Bonchev–Trinajstić information content (AvgIpc) is 2.72. The van der Waals surface area contributed by atoms with Crippen LogP contribution in [-0.2, 0) is 10.0 Å². The van der Waals surface area contributed by atoms with E-state index < -0.39 is 33.7 Å². The lowest BCUT2D eigenvalue weighted by atomic mass is 10.0. The van der Waals surface area contributed by atoms with Gasteiger partial charge < -0.3 is 15.7 Å². The molecule has 7 nitrogen and oxygen atoms in total. The zero-order chi connectivity index (χ0) is 23.4. The van der Waals surface area contributed by atoms with Gasteiger partial charge in [-0.15, -0.1) is 0 Å². The molecule has 0 radical (unpaired) electrons. The van der Waals surface area contributed by atoms with Crippen molar-refractivity contribution in [1.82, 2.24) is 4.72 Å². The molecule has 11 heteroatoms. The summed E-state index contributed by atoms with van der Waals surface area (Å²) in [5.41, 5.74) is 1.43. The maximum absolute atomic E-state index is 12.5. The first-order valence-electron chi connectivity index (χ1n) is 9.16. The van der Waals surface area contributed by atoms with E-state index in [1.807, 2.05) is 0 Å². The van der Waals surface area contributed by atoms with E-state index in [0.29, 0.717) is 11.1 Å². The molecule has 3 aromatic rings. The molecule has 0 atom stereocenters. The van der Waals surface area contributed by atoms with Gasteiger partial charge in [-0.05, 0) is 29.8 Å². The maximum Gasteiger partial charge on any atom is 0.402 e. The van der Waals surface area contributed by atoms with E-state index in [1.54, 1.807) is 30.3 Å². The standard InChI is InChI=1S/C21H18F3N3O4S/c22-21(23,24)13-25-32(30,31)17-9-10-18(14-5-2-1-3-6-14)19(12-17)27-20(29)26-15-7-4-8-16(28)11-15/h1-12,25,28H,13H2,(H2,26,27,29). The summed E-state index contributed by atoms with van der Waals surface area (Å²) < 4.78 is 63.5. The van der Waals surface area contributed by atoms with E-state index in [-0.39, 0.29) is 17.1 Å². The van der Waals surface area contributed by atoms with Crippen molar-refractivity contribution in [3.8, 4) is 16.9 Å². The number of phenols is 1. The van der Waals surface area contributed by atoms with Crippen LogP contribution in [0.4, 0.5) is 29.3 Å². The van der Waals surface area contributed by atoms with Crippen LogP contribution in [0.2, 0.25) is 0 Å². The third-order valence-electron chi connectivity index (χ3n) is 4.20. The van der Waals surface area contributed by atoms with Gasteiger partial charge in [0.25, 0.3) is 0 Å². The topological polar surface area (TPSA) is 108 Å². The molecule has 32 heavy (non-hydrogen) atoms. The number of sulfonamides is 1. The number of aromatic hydroxyl groups is 1. The van der Waals surface area contributed by atoms with Crippen molar-refractivity contribution >= 4 is 27.4 Å². The van der Waals surface area contributed by atoms with E-state index in [0.717, 1.165) is 12.1 Å². The number of amides is 2. The number of carbonyl (C=O) groups excluding carboxylic acids is 1. The summed E-state index contributed by atoms with van der Waals surface area (Å²) in [7, 11) is -4.49. The lowest BCUT2D eigenvalue weighted by Crippen LogP contribution is -2.33. The summed E-state index contributed by atoms with van der Waals surface area (Å²) in [6.07, 6.45) is -4.72. The number of carbonyl (C=O) groups is 1. The molecule has 0 fully saturated rings. The van der Waals surface area contributed by atoms with E-state index in [1.165, 1.54) is 35.1 Å². The number of urea groups is 1. The largest absolute Gasteiger partial charge is 0.508 e. The highest BCUT2D eigenvalue weighted by Crippen LogP contribution is 2.31. The van der Waals surface area contributed by atoms with Crippen molar-refractivity contribution in [3.63, 3.8) is 0 Å². The van der Waals surface area contributed by atoms with Gasteiger partial charge in [-0.1, -0.05) is 42.5 Å². The number of benzene rings is 3. The maximum atomic E-state index is 12.5. The van der Waals surface area contributed by atoms with Gasteiger partial charge in [0, 0.05) is 17.3 Å². The van der Waals surface area contributed by atoms with Crippen LogP contribution in [0.3, 0.4) is 0 Å². The zero-order valence-electron chi connectivity index (χ0n) is 16.3. The Labute approximate surface area is 182 Å². The molecule has 2 amide bonds. The second kappa shape index (κ2) is 9.28. The molecule has 0 saturated heterocycles. The first-order valence-corrected chi connectivity index (χ1v) is 10.6. The summed E-state index contributed by atoms with van der Waals surface area (Å²) in [6, 6.07) is 17.3. The normalized spacial score (nSPS) is 11.7. The van der Waals surface area contributed by atoms with Crippen LogP contribution in [0.1, 0.15) is 0 Å². The number of nitrogens with one attached hydrogen (secondary N) is 3. The summed E-state index contributed by atoms with van der Waals surface area (Å²) in [5.74, 6) is -0.0726. The van der Waals surface area contributed by atoms with Crippen LogP contribution in [0.15, 0.2) is 77.7 Å². The second-order valence-corrected chi connectivity index (χ2v) is 8.41. The van der Waals surface area contributed by atoms with Crippen LogP contribution in [0.5, 0.6) is 5.75 Å². The first kappa shape index (κ1) is 23.1. The summed E-state index contributed by atoms with van der Waals surface area (Å²) in [5, 5.41) is 14.5. The fraction of sp³-hybridized carbons (Fsp3) is 0.0952. The minimum absolute atomic E-state index is 0.0590. The first-order chi connectivity index (χ1) is 15.0. The van der Waals surface area contributed by atoms with Gasteiger partial charge in [0.15, 0.2) is 0 Å². The molecule has 0 aromatic heterocycles. The molecular weight excluding hydrogens is 447 g/mol. The Morgan fingerprint density at radius 2 is 1.62 bits per heavy atom. The van der Waals surface area contributed by atoms with Crippen molar-refractivity contribution < 1.29 is 31.5 Å². The molecule has 168 valence electrons. The fourth-order valence-corrected chi connectivity index (χ4v) is 3.83. The number of anilines is 2. The quantitative estimate of drug-likeness (QED) is 0.429. The number of alkyl halides is 3. The summed E-state index contributed by atoms with van der Waals surface area (Å²) in [4.78, 5) is 12.0. The van der Waals surface area contributed by atoms with Crippen molar-refractivity contribution in [2.75, 3.05) is 17.2 Å². The minimum atomic E-state index is -4.72. The van der Waals surface area contributed by atoms with Gasteiger partial charge >= 0.3 is 12.2 Å². The van der Waals surface area contributed by atoms with E-state index in [4.69, 9.17) is 0 Å². The molecule has 3 aromatic carbocycles. The number of hydrogen-bond acceptors (Lipinski definition) is 4. The van der Waals surface area contributed by atoms with Gasteiger partial charge in [0.2, 0.25) is 10.0 Å². The third kappa shape index (κ3) is 6.22. The van der Waals surface area contributed by atoms with Gasteiger partial charge in [-0.2, -0.15) is 13.2 Å². The molecule has 0 bridgehead atoms. The lowest BCUT2D eigenvalue weighted by molar-refractivity contribution is -0.121. The van der Waals surface area contributed by atoms with Crippen LogP contribution < -0.4 is 15.4 Å². The summed E-state index contributed by atoms with van der Waals surface area (Å²) >= 11 is 0. The monoisotopic (exact) mass is 465 g/mol. The van der Waals surface area contributed by atoms with Crippen molar-refractivity contribution in [3.05, 3.63) is 72.8 Å². The molecule has 0 heterocycles. The Morgan fingerprint density at radius 1 is 0.906 bits per heavy atom. The van der Waals surface area contributed by atoms with Crippen LogP contribution in [0, 0.1) is 0 Å². The van der Waals surface area contributed by atoms with Crippen molar-refractivity contribution in [2.45, 2.75) is 11.1 Å². The molecule has 0 aliphatic carbocycles. The highest BCUT2D eigenvalue weighted by molar-refractivity contribution is 7.89. The molecule has 0 saturated carbocycles. The predicted molar refractivity (Wildman–Crippen MR) is 114 cm³/mol. The van der Waals surface area contributed by atoms with Crippen LogP contribution in [0.25, 0.3) is 11.1 Å². The Kier molecular flexibility index (Phi) is 6.70. The Balaban J connectivity index is 1.93. The average molecular weight is 465 g/mol. The highest BCUT2D eigenvalue weighted by Gasteiger charge is 2.30. The molecule has 0 aliphatic rings. The SMILES string of the molecule is O=C(Nc1cccc(O)c1)Nc1cc(S(=O)(=O)NCC(F)(F)F)ccc1-c1ccccc1. The van der Waals surface area contributed by atoms with Gasteiger partial charge in [0.1, 0.15) is 12.3 Å². The molecule has 4 N–H and O–H groups in total. The molecular formula is C21H18F3N3O4S. The Hall–Kier alpha value is -3.57. The number of halogens is 3. The number of hydrogen-bond donors (Lipinski definition) is 4. The van der Waals surface area contributed by atoms with Crippen LogP contribution >= 0.6 is 0 Å². The molecule has 0 unspecified atom stereocenters. The van der Waals surface area contributed by atoms with E-state index in [9.17, 15) is 31.5 Å². The molecule has 3 rings (SSSR count). The summed E-state index contributed by atoms with van der Waals surface area (Å²) in [6.45, 7) is -1.73. The van der Waals surface area contributed by atoms with E-state index in [2.05, 4.69) is 10.6 Å². The lowest BCUT2D eigenvalue weighted by Gasteiger charge is -2.15. The Bertz CT molecular complexity index is 1220. The second-order valence-electron chi connectivity index (χ2n) is 6.64. The number of phenolic OH excluding ortho intramolecular Hbond substituents is 1. The van der Waals surface area contributed by atoms with Crippen molar-refractivity contribution in [2.24, 2.45) is 0 Å². The smallest absolute Gasteiger partial charge is 0.402 e. The third-order valence-corrected chi connectivity index (χ3v) is 5.60. The van der Waals surface area contributed by atoms with Gasteiger partial charge in [0.05, 0.1) is 10.6 Å². The molecule has 0 spiro atoms. The van der Waals surface area contributed by atoms with Gasteiger partial charge in [-0.3, -0.25) is 0 Å². The fourth-order valence-electron chi connectivity index (χ4n) is 2.79. The zero-order valence-corrected chi connectivity index (χ0v) is 17.2. The van der Waals surface area contributed by atoms with Crippen LogP contribution in [-0.4, -0.2) is 32.3 Å². The van der Waals surface area contributed by atoms with E-state index >= 15 is 0 Å². The Morgan fingerprint density at radius 3 is 2.28 bits per heavy atom. The highest BCUT2D eigenvalue weighted by atomic mass is 32.2. The molecule has 0 aliphatic heterocycles. The van der Waals surface area contributed by atoms with Gasteiger partial charge in [-0.25, -0.2) is 17.9 Å². The van der Waals surface area contributed by atoms with Crippen molar-refractivity contribution in [1.29, 1.82) is 0 Å². The minimum Gasteiger partial charge on any atom is -0.508 e. The number of rotatable bonds is 6.